The van der Waals surface area contributed by atoms with E-state index in [9.17, 15) is 9.59 Å². The second-order valence-electron chi connectivity index (χ2n) is 6.64. The molecule has 130 valence electrons. The molecule has 0 saturated heterocycles. The summed E-state index contributed by atoms with van der Waals surface area (Å²) in [6, 6.07) is 0. The zero-order chi connectivity index (χ0) is 17.1. The van der Waals surface area contributed by atoms with Crippen molar-refractivity contribution in [1.29, 1.82) is 0 Å². The normalized spacial score (nSPS) is 17.0. The highest BCUT2D eigenvalue weighted by atomic mass is 32.1. The van der Waals surface area contributed by atoms with Crippen LogP contribution in [0.25, 0.3) is 10.2 Å². The molecule has 0 saturated carbocycles. The van der Waals surface area contributed by atoms with Crippen LogP contribution in [0.2, 0.25) is 0 Å². The topological polar surface area (TPSA) is 61.2 Å². The Bertz CT molecular complexity index is 793. The van der Waals surface area contributed by atoms with Gasteiger partial charge in [0.1, 0.15) is 11.4 Å². The first-order valence-corrected chi connectivity index (χ1v) is 9.57. The Balaban J connectivity index is 1.79. The van der Waals surface area contributed by atoms with E-state index >= 15 is 0 Å². The van der Waals surface area contributed by atoms with Crippen LogP contribution in [0.3, 0.4) is 0 Å². The number of hydrogen-bond donors (Lipinski definition) is 0. The number of carbonyl (C=O) groups excluding carboxylic acids is 1. The zero-order valence-corrected chi connectivity index (χ0v) is 15.2. The lowest BCUT2D eigenvalue weighted by Gasteiger charge is -2.17. The van der Waals surface area contributed by atoms with Gasteiger partial charge in [0.05, 0.1) is 18.3 Å². The van der Waals surface area contributed by atoms with Crippen molar-refractivity contribution in [2.45, 2.75) is 58.9 Å². The van der Waals surface area contributed by atoms with Gasteiger partial charge < -0.3 is 4.74 Å². The maximum atomic E-state index is 12.8. The molecular formula is C18H24N2O3S. The van der Waals surface area contributed by atoms with Crippen LogP contribution in [0.4, 0.5) is 0 Å². The average molecular weight is 348 g/mol. The molecule has 0 amide bonds. The first-order valence-electron chi connectivity index (χ1n) is 8.75. The van der Waals surface area contributed by atoms with Crippen LogP contribution >= 0.6 is 11.3 Å². The van der Waals surface area contributed by atoms with Crippen LogP contribution in [-0.4, -0.2) is 22.1 Å². The highest BCUT2D eigenvalue weighted by molar-refractivity contribution is 7.18. The summed E-state index contributed by atoms with van der Waals surface area (Å²) >= 11 is 1.62. The molecule has 24 heavy (non-hydrogen) atoms. The van der Waals surface area contributed by atoms with Gasteiger partial charge in [0, 0.05) is 4.88 Å². The van der Waals surface area contributed by atoms with Gasteiger partial charge in [0.25, 0.3) is 5.56 Å². The fraction of sp³-hybridized carbons (Fsp3) is 0.611. The molecule has 2 heterocycles. The summed E-state index contributed by atoms with van der Waals surface area (Å²) in [4.78, 5) is 31.2. The Morgan fingerprint density at radius 1 is 1.46 bits per heavy atom. The Hall–Kier alpha value is -1.69. The Morgan fingerprint density at radius 3 is 3.08 bits per heavy atom. The number of carbonyl (C=O) groups is 1. The molecule has 0 radical (unpaired) electrons. The predicted molar refractivity (Wildman–Crippen MR) is 95.6 cm³/mol. The molecule has 5 nitrogen and oxygen atoms in total. The average Bonchev–Trinajstić information content (AvgIpc) is 2.92. The van der Waals surface area contributed by atoms with E-state index in [0.717, 1.165) is 48.9 Å². The monoisotopic (exact) mass is 348 g/mol. The van der Waals surface area contributed by atoms with E-state index in [1.807, 2.05) is 0 Å². The quantitative estimate of drug-likeness (QED) is 0.593. The number of rotatable bonds is 6. The van der Waals surface area contributed by atoms with Gasteiger partial charge in [-0.3, -0.25) is 14.2 Å². The van der Waals surface area contributed by atoms with Crippen LogP contribution in [0, 0.1) is 5.92 Å². The number of hydrogen-bond acceptors (Lipinski definition) is 5. The molecule has 0 aliphatic heterocycles. The Labute approximate surface area is 145 Å². The predicted octanol–water partition coefficient (Wildman–Crippen LogP) is 3.32. The first-order chi connectivity index (χ1) is 11.6. The van der Waals surface area contributed by atoms with E-state index in [1.165, 1.54) is 15.8 Å². The maximum absolute atomic E-state index is 12.8. The molecule has 0 N–H and O–H groups in total. The zero-order valence-electron chi connectivity index (χ0n) is 14.3. The van der Waals surface area contributed by atoms with Gasteiger partial charge in [0.15, 0.2) is 0 Å². The van der Waals surface area contributed by atoms with Crippen molar-refractivity contribution in [2.24, 2.45) is 5.92 Å². The lowest BCUT2D eigenvalue weighted by molar-refractivity contribution is -0.144. The third-order valence-electron chi connectivity index (χ3n) is 4.59. The van der Waals surface area contributed by atoms with Gasteiger partial charge in [-0.05, 0) is 37.2 Å². The smallest absolute Gasteiger partial charge is 0.326 e. The van der Waals surface area contributed by atoms with Crippen LogP contribution in [-0.2, 0) is 28.9 Å². The molecule has 1 atom stereocenters. The second-order valence-corrected chi connectivity index (χ2v) is 7.72. The largest absolute Gasteiger partial charge is 0.464 e. The minimum atomic E-state index is -0.368. The first kappa shape index (κ1) is 17.1. The standard InChI is InChI=1S/C18H24N2O3S/c1-3-4-5-8-23-15(21)10-20-11-19-17-16(18(20)22)13-7-6-12(2)9-14(13)24-17/h11-12H,3-10H2,1-2H3/t12-/m1/s1. The lowest BCUT2D eigenvalue weighted by Crippen LogP contribution is -2.26. The highest BCUT2D eigenvalue weighted by Crippen LogP contribution is 2.35. The number of ether oxygens (including phenoxy) is 1. The van der Waals surface area contributed by atoms with Crippen molar-refractivity contribution in [2.75, 3.05) is 6.61 Å². The molecule has 0 aromatic carbocycles. The Kier molecular flexibility index (Phi) is 5.33. The minimum absolute atomic E-state index is 0.0606. The molecular weight excluding hydrogens is 324 g/mol. The van der Waals surface area contributed by atoms with Crippen LogP contribution in [0.15, 0.2) is 11.1 Å². The van der Waals surface area contributed by atoms with Crippen molar-refractivity contribution in [3.8, 4) is 0 Å². The third kappa shape index (κ3) is 3.53. The number of aryl methyl sites for hydroxylation is 1. The molecule has 6 heteroatoms. The van der Waals surface area contributed by atoms with E-state index < -0.39 is 0 Å². The van der Waals surface area contributed by atoms with Crippen molar-refractivity contribution < 1.29 is 9.53 Å². The SMILES string of the molecule is CCCCCOC(=O)Cn1cnc2sc3c(c2c1=O)CC[C@@H](C)C3. The van der Waals surface area contributed by atoms with Gasteiger partial charge in [-0.25, -0.2) is 4.98 Å². The van der Waals surface area contributed by atoms with E-state index in [1.54, 1.807) is 11.3 Å². The summed E-state index contributed by atoms with van der Waals surface area (Å²) in [5.74, 6) is 0.290. The minimum Gasteiger partial charge on any atom is -0.464 e. The van der Waals surface area contributed by atoms with Crippen molar-refractivity contribution in [1.82, 2.24) is 9.55 Å². The Morgan fingerprint density at radius 2 is 2.29 bits per heavy atom. The van der Waals surface area contributed by atoms with Crippen molar-refractivity contribution >= 4 is 27.5 Å². The molecule has 2 aromatic rings. The summed E-state index contributed by atoms with van der Waals surface area (Å²) in [5, 5.41) is 0.711. The number of aromatic nitrogens is 2. The van der Waals surface area contributed by atoms with E-state index in [2.05, 4.69) is 18.8 Å². The van der Waals surface area contributed by atoms with Crippen molar-refractivity contribution in [3.05, 3.63) is 27.1 Å². The highest BCUT2D eigenvalue weighted by Gasteiger charge is 2.23. The van der Waals surface area contributed by atoms with Crippen LogP contribution in [0.1, 0.15) is 50.0 Å². The number of fused-ring (bicyclic) bond motifs is 3. The fourth-order valence-corrected chi connectivity index (χ4v) is 4.54. The molecule has 0 unspecified atom stereocenters. The number of thiophene rings is 1. The summed E-state index contributed by atoms with van der Waals surface area (Å²) < 4.78 is 6.58. The van der Waals surface area contributed by atoms with Gasteiger partial charge in [-0.15, -0.1) is 11.3 Å². The summed E-state index contributed by atoms with van der Waals surface area (Å²) in [6.07, 6.45) is 7.52. The van der Waals surface area contributed by atoms with Gasteiger partial charge >= 0.3 is 5.97 Å². The van der Waals surface area contributed by atoms with Gasteiger partial charge in [-0.2, -0.15) is 0 Å². The maximum Gasteiger partial charge on any atom is 0.326 e. The second kappa shape index (κ2) is 7.47. The summed E-state index contributed by atoms with van der Waals surface area (Å²) in [6.45, 7) is 4.70. The van der Waals surface area contributed by atoms with E-state index in [-0.39, 0.29) is 18.1 Å². The summed E-state index contributed by atoms with van der Waals surface area (Å²) in [7, 11) is 0. The summed E-state index contributed by atoms with van der Waals surface area (Å²) in [5.41, 5.74) is 1.04. The molecule has 0 fully saturated rings. The molecule has 0 bridgehead atoms. The van der Waals surface area contributed by atoms with Gasteiger partial charge in [0.2, 0.25) is 0 Å². The number of nitrogens with zero attached hydrogens (tertiary/aromatic N) is 2. The molecule has 3 rings (SSSR count). The molecule has 1 aliphatic carbocycles. The van der Waals surface area contributed by atoms with E-state index in [4.69, 9.17) is 4.74 Å². The van der Waals surface area contributed by atoms with Crippen molar-refractivity contribution in [3.63, 3.8) is 0 Å². The van der Waals surface area contributed by atoms with Crippen LogP contribution in [0.5, 0.6) is 0 Å². The third-order valence-corrected chi connectivity index (χ3v) is 5.75. The fourth-order valence-electron chi connectivity index (χ4n) is 3.20. The number of esters is 1. The lowest BCUT2D eigenvalue weighted by atomic mass is 9.89. The van der Waals surface area contributed by atoms with Gasteiger partial charge in [-0.1, -0.05) is 26.7 Å². The molecule has 2 aromatic heterocycles. The molecule has 0 spiro atoms. The van der Waals surface area contributed by atoms with Crippen LogP contribution < -0.4 is 5.56 Å². The molecule has 1 aliphatic rings. The number of unbranched alkanes of at least 4 members (excludes halogenated alkanes) is 2. The van der Waals surface area contributed by atoms with E-state index in [0.29, 0.717) is 17.9 Å².